The second kappa shape index (κ2) is 9.51. The molecule has 1 aliphatic heterocycles. The van der Waals surface area contributed by atoms with Gasteiger partial charge in [-0.1, -0.05) is 0 Å². The summed E-state index contributed by atoms with van der Waals surface area (Å²) in [4.78, 5) is 6.12. The van der Waals surface area contributed by atoms with Crippen LogP contribution in [-0.2, 0) is 6.54 Å². The fourth-order valence-electron chi connectivity index (χ4n) is 3.46. The van der Waals surface area contributed by atoms with Crippen LogP contribution in [0.3, 0.4) is 0 Å². The zero-order chi connectivity index (χ0) is 21.7. The van der Waals surface area contributed by atoms with E-state index in [0.717, 1.165) is 18.1 Å². The van der Waals surface area contributed by atoms with Crippen LogP contribution in [0.25, 0.3) is 0 Å². The van der Waals surface area contributed by atoms with Gasteiger partial charge in [-0.25, -0.2) is 8.78 Å². The maximum atomic E-state index is 14.0. The molecule has 3 rings (SSSR count). The van der Waals surface area contributed by atoms with Crippen molar-refractivity contribution in [2.45, 2.75) is 19.0 Å². The van der Waals surface area contributed by atoms with Crippen LogP contribution in [0.15, 0.2) is 35.3 Å². The fourth-order valence-corrected chi connectivity index (χ4v) is 3.46. The van der Waals surface area contributed by atoms with Gasteiger partial charge in [0.1, 0.15) is 11.6 Å². The van der Waals surface area contributed by atoms with Crippen LogP contribution in [0.1, 0.15) is 12.0 Å². The van der Waals surface area contributed by atoms with Gasteiger partial charge in [0.15, 0.2) is 17.5 Å². The van der Waals surface area contributed by atoms with Crippen molar-refractivity contribution in [2.75, 3.05) is 39.3 Å². The first kappa shape index (κ1) is 21.5. The van der Waals surface area contributed by atoms with Gasteiger partial charge in [-0.15, -0.1) is 0 Å². The standard InChI is InChI=1S/C21H26F2N4O3/c1-24-21(25-11-13-8-18(29-2)20(28)19(9-13)30-3)26-15-6-7-27(12-15)17-5-4-14(22)10-16(17)23/h4-5,8-10,15,28H,6-7,11-12H2,1-3H3,(H2,24,25,26). The minimum atomic E-state index is -0.586. The molecular formula is C21H26F2N4O3. The molecule has 0 aromatic heterocycles. The van der Waals surface area contributed by atoms with Gasteiger partial charge >= 0.3 is 0 Å². The summed E-state index contributed by atoms with van der Waals surface area (Å²) in [6.07, 6.45) is 0.790. The van der Waals surface area contributed by atoms with Crippen molar-refractivity contribution in [2.24, 2.45) is 4.99 Å². The molecule has 3 N–H and O–H groups in total. The van der Waals surface area contributed by atoms with Gasteiger partial charge in [0, 0.05) is 38.8 Å². The summed E-state index contributed by atoms with van der Waals surface area (Å²) in [6.45, 7) is 1.66. The molecule has 0 amide bonds. The van der Waals surface area contributed by atoms with Gasteiger partial charge in [-0.2, -0.15) is 0 Å². The molecule has 1 saturated heterocycles. The van der Waals surface area contributed by atoms with E-state index in [4.69, 9.17) is 9.47 Å². The molecular weight excluding hydrogens is 394 g/mol. The first-order chi connectivity index (χ1) is 14.4. The van der Waals surface area contributed by atoms with Crippen LogP contribution in [-0.4, -0.2) is 51.5 Å². The smallest absolute Gasteiger partial charge is 0.200 e. The van der Waals surface area contributed by atoms with E-state index < -0.39 is 11.6 Å². The summed E-state index contributed by atoms with van der Waals surface area (Å²) < 4.78 is 37.5. The van der Waals surface area contributed by atoms with E-state index in [1.54, 1.807) is 19.2 Å². The third-order valence-corrected chi connectivity index (χ3v) is 5.00. The molecule has 1 unspecified atom stereocenters. The predicted octanol–water partition coefficient (Wildman–Crippen LogP) is 2.63. The van der Waals surface area contributed by atoms with Crippen molar-refractivity contribution < 1.29 is 23.4 Å². The Morgan fingerprint density at radius 2 is 1.90 bits per heavy atom. The number of anilines is 1. The molecule has 2 aromatic rings. The Bertz CT molecular complexity index is 898. The van der Waals surface area contributed by atoms with Crippen molar-refractivity contribution >= 4 is 11.6 Å². The van der Waals surface area contributed by atoms with Gasteiger partial charge in [0.25, 0.3) is 0 Å². The summed E-state index contributed by atoms with van der Waals surface area (Å²) in [5, 5.41) is 16.6. The number of aliphatic imine (C=N–C) groups is 1. The molecule has 1 atom stereocenters. The number of benzene rings is 2. The van der Waals surface area contributed by atoms with Crippen LogP contribution >= 0.6 is 0 Å². The van der Waals surface area contributed by atoms with Gasteiger partial charge in [0.05, 0.1) is 19.9 Å². The van der Waals surface area contributed by atoms with Crippen molar-refractivity contribution in [1.82, 2.24) is 10.6 Å². The van der Waals surface area contributed by atoms with Gasteiger partial charge in [0.2, 0.25) is 5.75 Å². The number of guanidine groups is 1. The fraction of sp³-hybridized carbons (Fsp3) is 0.381. The normalized spacial score (nSPS) is 16.5. The molecule has 1 heterocycles. The van der Waals surface area contributed by atoms with E-state index in [1.165, 1.54) is 26.4 Å². The summed E-state index contributed by atoms with van der Waals surface area (Å²) in [6, 6.07) is 7.12. The summed E-state index contributed by atoms with van der Waals surface area (Å²) in [5.41, 5.74) is 1.23. The van der Waals surface area contributed by atoms with E-state index >= 15 is 0 Å². The van der Waals surface area contributed by atoms with Crippen molar-refractivity contribution in [3.63, 3.8) is 0 Å². The molecule has 7 nitrogen and oxygen atoms in total. The number of aromatic hydroxyl groups is 1. The number of hydrogen-bond acceptors (Lipinski definition) is 5. The van der Waals surface area contributed by atoms with Crippen molar-refractivity contribution in [1.29, 1.82) is 0 Å². The average molecular weight is 420 g/mol. The quantitative estimate of drug-likeness (QED) is 0.493. The topological polar surface area (TPSA) is 78.4 Å². The Morgan fingerprint density at radius 1 is 1.20 bits per heavy atom. The van der Waals surface area contributed by atoms with Crippen LogP contribution in [0.2, 0.25) is 0 Å². The number of ether oxygens (including phenoxy) is 2. The Hall–Kier alpha value is -3.23. The minimum Gasteiger partial charge on any atom is -0.502 e. The lowest BCUT2D eigenvalue weighted by Crippen LogP contribution is -2.44. The number of halogens is 2. The molecule has 0 spiro atoms. The lowest BCUT2D eigenvalue weighted by atomic mass is 10.2. The first-order valence-electron chi connectivity index (χ1n) is 9.56. The average Bonchev–Trinajstić information content (AvgIpc) is 3.19. The van der Waals surface area contributed by atoms with Crippen molar-refractivity contribution in [3.8, 4) is 17.2 Å². The van der Waals surface area contributed by atoms with E-state index in [1.807, 2.05) is 4.90 Å². The number of hydrogen-bond donors (Lipinski definition) is 3. The second-order valence-electron chi connectivity index (χ2n) is 6.95. The lowest BCUT2D eigenvalue weighted by Gasteiger charge is -2.21. The zero-order valence-electron chi connectivity index (χ0n) is 17.2. The first-order valence-corrected chi connectivity index (χ1v) is 9.56. The van der Waals surface area contributed by atoms with Gasteiger partial charge in [-0.3, -0.25) is 4.99 Å². The van der Waals surface area contributed by atoms with Crippen molar-refractivity contribution in [3.05, 3.63) is 47.5 Å². The molecule has 0 radical (unpaired) electrons. The molecule has 2 aromatic carbocycles. The molecule has 0 bridgehead atoms. The van der Waals surface area contributed by atoms with Crippen LogP contribution < -0.4 is 25.0 Å². The monoisotopic (exact) mass is 420 g/mol. The van der Waals surface area contributed by atoms with Crippen LogP contribution in [0.5, 0.6) is 17.2 Å². The largest absolute Gasteiger partial charge is 0.502 e. The summed E-state index contributed by atoms with van der Waals surface area (Å²) in [5.74, 6) is 0.0343. The van der Waals surface area contributed by atoms with E-state index in [0.29, 0.717) is 42.8 Å². The maximum Gasteiger partial charge on any atom is 0.200 e. The maximum absolute atomic E-state index is 14.0. The number of rotatable bonds is 6. The summed E-state index contributed by atoms with van der Waals surface area (Å²) in [7, 11) is 4.61. The van der Waals surface area contributed by atoms with E-state index in [9.17, 15) is 13.9 Å². The highest BCUT2D eigenvalue weighted by Crippen LogP contribution is 2.37. The Labute approximate surface area is 174 Å². The third-order valence-electron chi connectivity index (χ3n) is 5.00. The molecule has 162 valence electrons. The Kier molecular flexibility index (Phi) is 6.81. The van der Waals surface area contributed by atoms with E-state index in [2.05, 4.69) is 15.6 Å². The highest BCUT2D eigenvalue weighted by atomic mass is 19.1. The number of phenolic OH excluding ortho intramolecular Hbond substituents is 1. The van der Waals surface area contributed by atoms with Gasteiger partial charge < -0.3 is 30.1 Å². The van der Waals surface area contributed by atoms with Crippen LogP contribution in [0, 0.1) is 11.6 Å². The molecule has 0 aliphatic carbocycles. The molecule has 30 heavy (non-hydrogen) atoms. The number of phenols is 1. The Balaban J connectivity index is 1.59. The van der Waals surface area contributed by atoms with E-state index in [-0.39, 0.29) is 11.8 Å². The minimum absolute atomic E-state index is 0.0506. The third kappa shape index (κ3) is 4.84. The molecule has 0 saturated carbocycles. The predicted molar refractivity (Wildman–Crippen MR) is 112 cm³/mol. The lowest BCUT2D eigenvalue weighted by molar-refractivity contribution is 0.339. The number of methoxy groups -OCH3 is 2. The SMILES string of the molecule is CN=C(NCc1cc(OC)c(O)c(OC)c1)NC1CCN(c2ccc(F)cc2F)C1. The highest BCUT2D eigenvalue weighted by molar-refractivity contribution is 5.80. The second-order valence-corrected chi connectivity index (χ2v) is 6.95. The molecule has 1 fully saturated rings. The molecule has 1 aliphatic rings. The summed E-state index contributed by atoms with van der Waals surface area (Å²) >= 11 is 0. The molecule has 9 heteroatoms. The zero-order valence-corrected chi connectivity index (χ0v) is 17.2. The Morgan fingerprint density at radius 3 is 2.50 bits per heavy atom. The van der Waals surface area contributed by atoms with Gasteiger partial charge in [-0.05, 0) is 36.2 Å². The van der Waals surface area contributed by atoms with Crippen LogP contribution in [0.4, 0.5) is 14.5 Å². The number of nitrogens with zero attached hydrogens (tertiary/aromatic N) is 2. The highest BCUT2D eigenvalue weighted by Gasteiger charge is 2.25. The number of nitrogens with one attached hydrogen (secondary N) is 2.